The van der Waals surface area contributed by atoms with Gasteiger partial charge < -0.3 is 4.90 Å². The van der Waals surface area contributed by atoms with E-state index in [4.69, 9.17) is 4.52 Å². The van der Waals surface area contributed by atoms with E-state index >= 15 is 0 Å². The van der Waals surface area contributed by atoms with E-state index in [9.17, 15) is 9.59 Å². The number of aryl methyl sites for hydroxylation is 1. The van der Waals surface area contributed by atoms with E-state index in [1.807, 2.05) is 31.2 Å². The fourth-order valence-electron chi connectivity index (χ4n) is 3.12. The van der Waals surface area contributed by atoms with Crippen molar-refractivity contribution in [2.75, 3.05) is 6.54 Å². The first kappa shape index (κ1) is 15.8. The van der Waals surface area contributed by atoms with Crippen molar-refractivity contribution < 1.29 is 9.32 Å². The molecule has 6 nitrogen and oxygen atoms in total. The van der Waals surface area contributed by atoms with Crippen LogP contribution in [0.25, 0.3) is 11.4 Å². The number of rotatable bonds is 3. The Morgan fingerprint density at radius 1 is 1.32 bits per heavy atom. The maximum absolute atomic E-state index is 12.7. The first-order valence-corrected chi connectivity index (χ1v) is 8.97. The van der Waals surface area contributed by atoms with Crippen molar-refractivity contribution in [3.05, 3.63) is 62.3 Å². The number of fused-ring (bicyclic) bond motifs is 1. The van der Waals surface area contributed by atoms with Crippen LogP contribution in [0.15, 0.2) is 45.0 Å². The molecule has 0 unspecified atom stereocenters. The predicted octanol–water partition coefficient (Wildman–Crippen LogP) is 2.46. The topological polar surface area (TPSA) is 68.3 Å². The molecule has 0 N–H and O–H groups in total. The summed E-state index contributed by atoms with van der Waals surface area (Å²) >= 11 is 1.73. The molecule has 1 aromatic carbocycles. The second-order valence-corrected chi connectivity index (χ2v) is 7.11. The molecule has 3 aromatic rings. The second kappa shape index (κ2) is 6.33. The van der Waals surface area contributed by atoms with E-state index in [1.54, 1.807) is 16.2 Å². The molecule has 128 valence electrons. The molecular weight excluding hydrogens is 338 g/mol. The van der Waals surface area contributed by atoms with Gasteiger partial charge in [-0.05, 0) is 35.9 Å². The van der Waals surface area contributed by atoms with Crippen LogP contribution >= 0.6 is 11.3 Å². The zero-order valence-electron chi connectivity index (χ0n) is 13.8. The first-order valence-electron chi connectivity index (χ1n) is 8.09. The maximum Gasteiger partial charge on any atom is 0.442 e. The van der Waals surface area contributed by atoms with Gasteiger partial charge in [0.2, 0.25) is 5.91 Å². The summed E-state index contributed by atoms with van der Waals surface area (Å²) in [5, 5.41) is 5.93. The van der Waals surface area contributed by atoms with Gasteiger partial charge in [0, 0.05) is 23.5 Å². The Labute approximate surface area is 148 Å². The molecule has 0 bridgehead atoms. The van der Waals surface area contributed by atoms with Gasteiger partial charge in [-0.3, -0.25) is 9.32 Å². The molecule has 2 aromatic heterocycles. The predicted molar refractivity (Wildman–Crippen MR) is 94.4 cm³/mol. The van der Waals surface area contributed by atoms with Crippen LogP contribution in [0.2, 0.25) is 0 Å². The van der Waals surface area contributed by atoms with Gasteiger partial charge in [0.1, 0.15) is 6.54 Å². The Kier molecular flexibility index (Phi) is 4.01. The average Bonchev–Trinajstić information content (AvgIpc) is 3.22. The molecule has 0 aliphatic carbocycles. The van der Waals surface area contributed by atoms with E-state index < -0.39 is 5.76 Å². The number of hydrogen-bond donors (Lipinski definition) is 0. The third kappa shape index (κ3) is 2.91. The maximum atomic E-state index is 12.7. The SMILES string of the molecule is Cc1ccccc1-c1noc(=O)n1CC(=O)N1CCc2sccc2C1. The summed E-state index contributed by atoms with van der Waals surface area (Å²) in [6.45, 7) is 3.14. The molecule has 7 heteroatoms. The highest BCUT2D eigenvalue weighted by atomic mass is 32.1. The van der Waals surface area contributed by atoms with E-state index in [1.165, 1.54) is 15.0 Å². The molecular formula is C18H17N3O3S. The molecule has 0 atom stereocenters. The fourth-order valence-corrected chi connectivity index (χ4v) is 4.01. The van der Waals surface area contributed by atoms with E-state index in [2.05, 4.69) is 16.6 Å². The van der Waals surface area contributed by atoms with Gasteiger partial charge in [-0.1, -0.05) is 29.4 Å². The highest BCUT2D eigenvalue weighted by Crippen LogP contribution is 2.25. The molecule has 0 fully saturated rings. The molecule has 0 saturated carbocycles. The molecule has 1 aliphatic rings. The number of aromatic nitrogens is 2. The number of hydrogen-bond acceptors (Lipinski definition) is 5. The van der Waals surface area contributed by atoms with Crippen molar-refractivity contribution >= 4 is 17.2 Å². The fraction of sp³-hybridized carbons (Fsp3) is 0.278. The molecule has 0 radical (unpaired) electrons. The summed E-state index contributed by atoms with van der Waals surface area (Å²) in [5.41, 5.74) is 2.96. The number of nitrogens with zero attached hydrogens (tertiary/aromatic N) is 3. The summed E-state index contributed by atoms with van der Waals surface area (Å²) < 4.78 is 6.14. The number of thiophene rings is 1. The van der Waals surface area contributed by atoms with Crippen molar-refractivity contribution in [3.8, 4) is 11.4 Å². The Bertz CT molecular complexity index is 985. The molecule has 3 heterocycles. The molecule has 1 aliphatic heterocycles. The lowest BCUT2D eigenvalue weighted by atomic mass is 10.1. The third-order valence-electron chi connectivity index (χ3n) is 4.53. The van der Waals surface area contributed by atoms with Gasteiger partial charge in [-0.25, -0.2) is 9.36 Å². The van der Waals surface area contributed by atoms with Crippen LogP contribution in [0.4, 0.5) is 0 Å². The Morgan fingerprint density at radius 2 is 2.16 bits per heavy atom. The van der Waals surface area contributed by atoms with Gasteiger partial charge >= 0.3 is 5.76 Å². The van der Waals surface area contributed by atoms with Gasteiger partial charge in [-0.15, -0.1) is 11.3 Å². The second-order valence-electron chi connectivity index (χ2n) is 6.11. The van der Waals surface area contributed by atoms with Gasteiger partial charge in [0.25, 0.3) is 0 Å². The highest BCUT2D eigenvalue weighted by Gasteiger charge is 2.24. The Morgan fingerprint density at radius 3 is 3.00 bits per heavy atom. The first-order chi connectivity index (χ1) is 12.1. The zero-order chi connectivity index (χ0) is 17.4. The number of amides is 1. The van der Waals surface area contributed by atoms with E-state index in [0.717, 1.165) is 17.5 Å². The van der Waals surface area contributed by atoms with Crippen molar-refractivity contribution in [2.24, 2.45) is 0 Å². The minimum absolute atomic E-state index is 0.0640. The number of benzene rings is 1. The van der Waals surface area contributed by atoms with Crippen molar-refractivity contribution in [2.45, 2.75) is 26.4 Å². The van der Waals surface area contributed by atoms with Crippen LogP contribution in [0.5, 0.6) is 0 Å². The normalized spacial score (nSPS) is 13.7. The van der Waals surface area contributed by atoms with Gasteiger partial charge in [-0.2, -0.15) is 0 Å². The monoisotopic (exact) mass is 355 g/mol. The summed E-state index contributed by atoms with van der Waals surface area (Å²) in [6.07, 6.45) is 0.863. The lowest BCUT2D eigenvalue weighted by molar-refractivity contribution is -0.132. The van der Waals surface area contributed by atoms with Crippen molar-refractivity contribution in [1.29, 1.82) is 0 Å². The van der Waals surface area contributed by atoms with Crippen LogP contribution in [0.3, 0.4) is 0 Å². The smallest absolute Gasteiger partial charge is 0.336 e. The van der Waals surface area contributed by atoms with Crippen LogP contribution in [0, 0.1) is 6.92 Å². The van der Waals surface area contributed by atoms with Crippen molar-refractivity contribution in [3.63, 3.8) is 0 Å². The third-order valence-corrected chi connectivity index (χ3v) is 5.55. The van der Waals surface area contributed by atoms with Crippen LogP contribution < -0.4 is 5.76 Å². The minimum atomic E-state index is -0.611. The number of carbonyl (C=O) groups is 1. The van der Waals surface area contributed by atoms with Crippen molar-refractivity contribution in [1.82, 2.24) is 14.6 Å². The molecule has 4 rings (SSSR count). The molecule has 0 spiro atoms. The standard InChI is InChI=1S/C18H17N3O3S/c1-12-4-2-3-5-14(12)17-19-24-18(23)21(17)11-16(22)20-8-6-15-13(10-20)7-9-25-15/h2-5,7,9H,6,8,10-11H2,1H3. The van der Waals surface area contributed by atoms with Gasteiger partial charge in [0.05, 0.1) is 0 Å². The minimum Gasteiger partial charge on any atom is -0.336 e. The summed E-state index contributed by atoms with van der Waals surface area (Å²) in [7, 11) is 0. The van der Waals surface area contributed by atoms with Crippen LogP contribution in [-0.2, 0) is 24.3 Å². The van der Waals surface area contributed by atoms with Gasteiger partial charge in [0.15, 0.2) is 5.82 Å². The summed E-state index contributed by atoms with van der Waals surface area (Å²) in [6, 6.07) is 9.65. The van der Waals surface area contributed by atoms with Crippen LogP contribution in [-0.4, -0.2) is 27.1 Å². The number of carbonyl (C=O) groups excluding carboxylic acids is 1. The van der Waals surface area contributed by atoms with Crippen LogP contribution in [0.1, 0.15) is 16.0 Å². The summed E-state index contributed by atoms with van der Waals surface area (Å²) in [5.74, 6) is -0.318. The molecule has 1 amide bonds. The Hall–Kier alpha value is -2.67. The Balaban J connectivity index is 1.60. The quantitative estimate of drug-likeness (QED) is 0.724. The van der Waals surface area contributed by atoms with E-state index in [-0.39, 0.29) is 12.5 Å². The lowest BCUT2D eigenvalue weighted by Gasteiger charge is -2.27. The summed E-state index contributed by atoms with van der Waals surface area (Å²) in [4.78, 5) is 27.9. The van der Waals surface area contributed by atoms with E-state index in [0.29, 0.717) is 18.9 Å². The largest absolute Gasteiger partial charge is 0.442 e. The lowest BCUT2D eigenvalue weighted by Crippen LogP contribution is -2.39. The highest BCUT2D eigenvalue weighted by molar-refractivity contribution is 7.10. The molecule has 0 saturated heterocycles. The zero-order valence-corrected chi connectivity index (χ0v) is 14.6. The molecule has 25 heavy (non-hydrogen) atoms. The average molecular weight is 355 g/mol.